The predicted molar refractivity (Wildman–Crippen MR) is 562 cm³/mol. The molecule has 127 heavy (non-hydrogen) atoms. The van der Waals surface area contributed by atoms with Crippen LogP contribution in [0.4, 0.5) is 4.39 Å². The van der Waals surface area contributed by atoms with Crippen molar-refractivity contribution in [3.05, 3.63) is 70.8 Å². The van der Waals surface area contributed by atoms with Gasteiger partial charge in [0.25, 0.3) is 0 Å². The molecule has 1 nitrogen and oxygen atoms in total. The molecule has 0 spiro atoms. The second-order valence-electron chi connectivity index (χ2n) is 55.8. The highest BCUT2D eigenvalue weighted by Crippen LogP contribution is 2.79. The van der Waals surface area contributed by atoms with E-state index < -0.39 is 5.67 Å². The Balaban J connectivity index is 0.000000188. The third-order valence-electron chi connectivity index (χ3n) is 41.6. The van der Waals surface area contributed by atoms with Crippen LogP contribution in [0, 0.1) is 191 Å². The normalized spacial score (nSPS) is 36.5. The first kappa shape index (κ1) is 112. The molecule has 24 saturated carbocycles. The van der Waals surface area contributed by atoms with E-state index in [1.54, 1.807) is 51.9 Å². The zero-order chi connectivity index (χ0) is 94.0. The van der Waals surface area contributed by atoms with Crippen LogP contribution in [0.3, 0.4) is 0 Å². The lowest BCUT2D eigenvalue weighted by Crippen LogP contribution is -2.63. The highest BCUT2D eigenvalue weighted by molar-refractivity contribution is 5.25. The topological polar surface area (TPSA) is 9.23 Å². The molecule has 738 valence electrons. The zero-order valence-corrected chi connectivity index (χ0v) is 91.7. The predicted octanol–water partition coefficient (Wildman–Crippen LogP) is 40.4. The van der Waals surface area contributed by atoms with Gasteiger partial charge in [-0.25, -0.2) is 4.39 Å². The monoisotopic (exact) mass is 1760 g/mol. The molecule has 1 heterocycles. The van der Waals surface area contributed by atoms with Gasteiger partial charge in [-0.05, 0) is 427 Å². The first-order chi connectivity index (χ1) is 58.5. The fourth-order valence-electron chi connectivity index (χ4n) is 28.9. The minimum Gasteiger partial charge on any atom is -0.381 e. The molecule has 0 aromatic heterocycles. The first-order valence-corrected chi connectivity index (χ1v) is 55.9. The SMILES string of the molecule is C.CC(C)C1(C)CCC1.CC(C)C12CC(C)(C1)C2.CC(C)C12CC(C)(C1)C2.CC(C)C12CC(C)(C1)C2.CC(C)C12CC(C1)C2.CC(C)C12CCC(CC1)C2.CC(C)C12CCC(CC1)CC2.CC(C)C1CC(C)(F)C1.CC(C)C1CCC1.CC(C)C1CCC1.CC(C)C1CCOCC1.CCC12CC(C(C)C)(C1)C2.Cc1ccc(C(C)C)cc1.Cc1ccc(C(C)C)cc1. The number of benzene rings is 2. The summed E-state index contributed by atoms with van der Waals surface area (Å²) < 4.78 is 18.1. The molecule has 25 fully saturated rings. The van der Waals surface area contributed by atoms with Crippen molar-refractivity contribution in [1.82, 2.24) is 0 Å². The highest BCUT2D eigenvalue weighted by atomic mass is 19.1. The summed E-state index contributed by atoms with van der Waals surface area (Å²) in [5.41, 5.74) is 14.5. The summed E-state index contributed by atoms with van der Waals surface area (Å²) in [4.78, 5) is 0. The molecule has 2 aromatic rings. The Morgan fingerprint density at radius 3 is 0.701 bits per heavy atom. The van der Waals surface area contributed by atoms with Crippen LogP contribution in [-0.2, 0) is 4.74 Å². The number of alkyl halides is 1. The molecular weight excluding hydrogens is 1540 g/mol. The molecule has 0 atom stereocenters. The number of aryl methyl sites for hydroxylation is 2. The molecule has 1 aliphatic heterocycles. The lowest BCUT2D eigenvalue weighted by atomic mass is 9.32. The zero-order valence-electron chi connectivity index (χ0n) is 91.7. The number of ether oxygens (including phenoxy) is 1. The number of fused-ring (bicyclic) bond motifs is 5. The van der Waals surface area contributed by atoms with Gasteiger partial charge in [0.15, 0.2) is 0 Å². The van der Waals surface area contributed by atoms with Gasteiger partial charge in [0.2, 0.25) is 0 Å². The summed E-state index contributed by atoms with van der Waals surface area (Å²) in [7, 11) is 0. The molecular formula is C125H225FO. The molecule has 27 rings (SSSR count). The van der Waals surface area contributed by atoms with Gasteiger partial charge in [-0.1, -0.05) is 347 Å². The van der Waals surface area contributed by atoms with Crippen molar-refractivity contribution in [2.24, 2.45) is 177 Å². The van der Waals surface area contributed by atoms with Gasteiger partial charge >= 0.3 is 0 Å². The minimum absolute atomic E-state index is 0. The van der Waals surface area contributed by atoms with Gasteiger partial charge in [-0.15, -0.1) is 0 Å². The van der Waals surface area contributed by atoms with E-state index in [-0.39, 0.29) is 7.43 Å². The number of halogens is 1. The van der Waals surface area contributed by atoms with Crippen molar-refractivity contribution in [1.29, 1.82) is 0 Å². The third kappa shape index (κ3) is 29.0. The summed E-state index contributed by atoms with van der Waals surface area (Å²) in [5.74, 6) is 19.4. The Bertz CT molecular complexity index is 3120. The fourth-order valence-corrected chi connectivity index (χ4v) is 28.9. The van der Waals surface area contributed by atoms with E-state index in [0.29, 0.717) is 23.7 Å². The molecule has 0 unspecified atom stereocenters. The van der Waals surface area contributed by atoms with Crippen molar-refractivity contribution in [2.75, 3.05) is 13.2 Å². The van der Waals surface area contributed by atoms with Gasteiger partial charge in [-0.2, -0.15) is 0 Å². The summed E-state index contributed by atoms with van der Waals surface area (Å²) in [6, 6.07) is 17.4. The lowest BCUT2D eigenvalue weighted by molar-refractivity contribution is -0.230. The van der Waals surface area contributed by atoms with E-state index in [4.69, 9.17) is 4.74 Å². The molecule has 0 N–H and O–H groups in total. The van der Waals surface area contributed by atoms with Crippen molar-refractivity contribution >= 4 is 0 Å². The fraction of sp³-hybridized carbons (Fsp3) is 0.904. The lowest BCUT2D eigenvalue weighted by Gasteiger charge is -2.73. The van der Waals surface area contributed by atoms with Crippen molar-refractivity contribution in [3.8, 4) is 0 Å². The Kier molecular flexibility index (Phi) is 40.9. The van der Waals surface area contributed by atoms with Gasteiger partial charge < -0.3 is 4.74 Å². The Morgan fingerprint density at radius 2 is 0.567 bits per heavy atom. The van der Waals surface area contributed by atoms with Crippen molar-refractivity contribution in [2.45, 2.75) is 531 Å². The van der Waals surface area contributed by atoms with E-state index in [0.717, 1.165) is 192 Å². The molecule has 14 bridgehead atoms. The maximum Gasteiger partial charge on any atom is 0.108 e. The largest absolute Gasteiger partial charge is 0.381 e. The van der Waals surface area contributed by atoms with E-state index in [1.165, 1.54) is 221 Å². The molecule has 2 heteroatoms. The van der Waals surface area contributed by atoms with E-state index in [2.05, 4.69) is 291 Å². The van der Waals surface area contributed by atoms with Crippen LogP contribution in [0.2, 0.25) is 0 Å². The minimum atomic E-state index is -0.824. The van der Waals surface area contributed by atoms with Crippen LogP contribution in [0.1, 0.15) is 534 Å². The average Bonchev–Trinajstić information content (AvgIpc) is 1.10. The van der Waals surface area contributed by atoms with Crippen LogP contribution < -0.4 is 0 Å². The molecule has 0 amide bonds. The second-order valence-corrected chi connectivity index (χ2v) is 55.8. The van der Waals surface area contributed by atoms with Crippen molar-refractivity contribution in [3.63, 3.8) is 0 Å². The van der Waals surface area contributed by atoms with Gasteiger partial charge in [-0.3, -0.25) is 0 Å². The summed E-state index contributed by atoms with van der Waals surface area (Å²) in [6.45, 7) is 85.1. The molecule has 25 aliphatic rings. The van der Waals surface area contributed by atoms with Gasteiger partial charge in [0, 0.05) is 13.2 Å². The van der Waals surface area contributed by atoms with Gasteiger partial charge in [0.1, 0.15) is 5.67 Å². The summed E-state index contributed by atoms with van der Waals surface area (Å²) in [5, 5.41) is 0. The summed E-state index contributed by atoms with van der Waals surface area (Å²) >= 11 is 0. The maximum atomic E-state index is 12.8. The number of hydrogen-bond acceptors (Lipinski definition) is 1. The second kappa shape index (κ2) is 46.2. The molecule has 1 saturated heterocycles. The van der Waals surface area contributed by atoms with Crippen LogP contribution in [-0.4, -0.2) is 18.9 Å². The van der Waals surface area contributed by atoms with Crippen LogP contribution in [0.25, 0.3) is 0 Å². The highest BCUT2D eigenvalue weighted by Gasteiger charge is 2.69. The van der Waals surface area contributed by atoms with E-state index in [9.17, 15) is 4.39 Å². The Morgan fingerprint density at radius 1 is 0.291 bits per heavy atom. The van der Waals surface area contributed by atoms with E-state index in [1.807, 2.05) is 0 Å². The first-order valence-electron chi connectivity index (χ1n) is 55.9. The quantitative estimate of drug-likeness (QED) is 0.173. The van der Waals surface area contributed by atoms with Crippen LogP contribution >= 0.6 is 0 Å². The Labute approximate surface area is 796 Å². The van der Waals surface area contributed by atoms with Crippen LogP contribution in [0.15, 0.2) is 48.5 Å². The molecule has 0 radical (unpaired) electrons. The molecule has 24 aliphatic carbocycles. The smallest absolute Gasteiger partial charge is 0.108 e. The number of rotatable bonds is 15. The van der Waals surface area contributed by atoms with E-state index >= 15 is 0 Å². The number of hydrogen-bond donors (Lipinski definition) is 0. The van der Waals surface area contributed by atoms with Crippen molar-refractivity contribution < 1.29 is 9.13 Å². The Hall–Kier alpha value is -1.67. The standard InChI is InChI=1S/C11H20.2C10H18.2C10H14.3C9H16.C8H15F.C8H16O.C8H14.C8H16.2C7H14.CH4/c1-9(2)11-6-3-10(4-7-11)5-8-11;1-8(2)10-5-3-9(7-10)4-6-10;1-4-9-5-10(6-9,7-9)8(2)3;2*1-8(2)10-6-4-9(3)5-7-10;3*1-7(2)9-4-8(3,5-9)6-9;1-6(2)7-4-8(3,9)5-7;1-7(2)8-3-5-9-6-4-8;1-6(2)8-3-7(4-8)5-8;1-7(2)8(3)5-4-6-8;2*1-6(2)7-4-3-5-7;/h9-10H,3-8H2,1-2H3;8-9H,3-7H2,1-2H3;8H,4-7H2,1-3H3;2*4-8H,1-3H3;3*7H,4-6H2,1-3H3;6-7H,4-5H2,1-3H3;7-8H,3-6H2,1-2H3;6-7H,3-5H2,1-2H3;7H,4-6H2,1-3H3;2*6-7H,3-5H2,1-2H3;1H4. The summed E-state index contributed by atoms with van der Waals surface area (Å²) in [6.07, 6.45) is 58.9. The maximum absolute atomic E-state index is 12.8. The van der Waals surface area contributed by atoms with Gasteiger partial charge in [0.05, 0.1) is 0 Å². The molecule has 2 aromatic carbocycles. The van der Waals surface area contributed by atoms with Crippen LogP contribution in [0.5, 0.6) is 0 Å². The third-order valence-corrected chi connectivity index (χ3v) is 41.6. The average molecular weight is 1760 g/mol.